The first-order chi connectivity index (χ1) is 17.9. The standard InChI is InChI=1S/C26H23N5O5S/c32-22-11-9-17(15-18(22)25-28-19-6-2-3-7-23(19)36-25)27-26(37)29-24(33)16-8-10-20(21(14-16)31(34)35)30-12-4-1-5-13-30/h2-3,6-11,14-15,32H,1,4-5,12-13H2,(H2,27,29,33,37). The minimum Gasteiger partial charge on any atom is -0.507 e. The molecule has 10 nitrogen and oxygen atoms in total. The Hall–Kier alpha value is -4.51. The minimum absolute atomic E-state index is 0.0121. The van der Waals surface area contributed by atoms with Gasteiger partial charge in [-0.2, -0.15) is 0 Å². The SMILES string of the molecule is O=C(NC(=S)Nc1ccc(O)c(-c2nc3ccccc3o2)c1)c1ccc(N2CCCCC2)c([N+](=O)[O-])c1. The first kappa shape index (κ1) is 24.2. The van der Waals surface area contributed by atoms with Crippen molar-refractivity contribution in [3.05, 3.63) is 76.3 Å². The molecule has 0 unspecified atom stereocenters. The van der Waals surface area contributed by atoms with Crippen LogP contribution in [0.1, 0.15) is 29.6 Å². The summed E-state index contributed by atoms with van der Waals surface area (Å²) < 4.78 is 5.74. The van der Waals surface area contributed by atoms with Gasteiger partial charge >= 0.3 is 0 Å². The Kier molecular flexibility index (Phi) is 6.69. The smallest absolute Gasteiger partial charge is 0.293 e. The van der Waals surface area contributed by atoms with Crippen molar-refractivity contribution in [2.45, 2.75) is 19.3 Å². The number of para-hydroxylation sites is 2. The number of rotatable bonds is 5. The summed E-state index contributed by atoms with van der Waals surface area (Å²) in [6.45, 7) is 1.50. The van der Waals surface area contributed by atoms with Gasteiger partial charge in [-0.15, -0.1) is 0 Å². The molecule has 5 rings (SSSR count). The number of piperidine rings is 1. The Morgan fingerprint density at radius 2 is 1.86 bits per heavy atom. The number of nitro benzene ring substituents is 1. The largest absolute Gasteiger partial charge is 0.507 e. The van der Waals surface area contributed by atoms with Crippen molar-refractivity contribution in [3.8, 4) is 17.2 Å². The molecule has 37 heavy (non-hydrogen) atoms. The number of hydrogen-bond donors (Lipinski definition) is 3. The van der Waals surface area contributed by atoms with Gasteiger partial charge in [0, 0.05) is 30.4 Å². The molecule has 11 heteroatoms. The molecule has 1 saturated heterocycles. The number of aromatic nitrogens is 1. The number of hydrogen-bond acceptors (Lipinski definition) is 8. The molecule has 1 fully saturated rings. The van der Waals surface area contributed by atoms with E-state index < -0.39 is 10.8 Å². The van der Waals surface area contributed by atoms with E-state index in [0.717, 1.165) is 32.4 Å². The van der Waals surface area contributed by atoms with Gasteiger partial charge in [0.2, 0.25) is 5.89 Å². The lowest BCUT2D eigenvalue weighted by atomic mass is 10.1. The van der Waals surface area contributed by atoms with Crippen molar-refractivity contribution in [1.29, 1.82) is 0 Å². The van der Waals surface area contributed by atoms with Crippen LogP contribution in [0, 0.1) is 10.1 Å². The Bertz CT molecular complexity index is 1480. The maximum Gasteiger partial charge on any atom is 0.293 e. The lowest BCUT2D eigenvalue weighted by Crippen LogP contribution is -2.34. The number of carbonyl (C=O) groups is 1. The monoisotopic (exact) mass is 517 g/mol. The van der Waals surface area contributed by atoms with Gasteiger partial charge in [-0.1, -0.05) is 12.1 Å². The minimum atomic E-state index is -0.580. The number of amides is 1. The van der Waals surface area contributed by atoms with Crippen molar-refractivity contribution >= 4 is 51.4 Å². The van der Waals surface area contributed by atoms with Crippen LogP contribution in [-0.2, 0) is 0 Å². The molecule has 1 aromatic heterocycles. The first-order valence-electron chi connectivity index (χ1n) is 11.7. The van der Waals surface area contributed by atoms with E-state index in [-0.39, 0.29) is 28.0 Å². The number of thiocarbonyl (C=S) groups is 1. The molecule has 0 aliphatic carbocycles. The lowest BCUT2D eigenvalue weighted by molar-refractivity contribution is -0.384. The van der Waals surface area contributed by atoms with Crippen molar-refractivity contribution in [3.63, 3.8) is 0 Å². The summed E-state index contributed by atoms with van der Waals surface area (Å²) in [5.74, 6) is -0.379. The Morgan fingerprint density at radius 3 is 2.62 bits per heavy atom. The van der Waals surface area contributed by atoms with Gasteiger partial charge in [-0.05, 0) is 73.9 Å². The predicted octanol–water partition coefficient (Wildman–Crippen LogP) is 5.23. The topological polar surface area (TPSA) is 134 Å². The molecule has 0 saturated carbocycles. The van der Waals surface area contributed by atoms with Crippen LogP contribution in [0.2, 0.25) is 0 Å². The number of fused-ring (bicyclic) bond motifs is 1. The molecule has 1 amide bonds. The average molecular weight is 518 g/mol. The van der Waals surface area contributed by atoms with E-state index in [1.54, 1.807) is 36.4 Å². The summed E-state index contributed by atoms with van der Waals surface area (Å²) >= 11 is 5.28. The van der Waals surface area contributed by atoms with Crippen LogP contribution < -0.4 is 15.5 Å². The highest BCUT2D eigenvalue weighted by Crippen LogP contribution is 2.34. The summed E-state index contributed by atoms with van der Waals surface area (Å²) in [6, 6.07) is 16.3. The van der Waals surface area contributed by atoms with Crippen molar-refractivity contribution in [2.24, 2.45) is 0 Å². The molecule has 4 aromatic rings. The second-order valence-electron chi connectivity index (χ2n) is 8.64. The van der Waals surface area contributed by atoms with Crippen LogP contribution in [0.25, 0.3) is 22.6 Å². The number of nitro groups is 1. The number of nitrogens with one attached hydrogen (secondary N) is 2. The highest BCUT2D eigenvalue weighted by Gasteiger charge is 2.23. The first-order valence-corrected chi connectivity index (χ1v) is 12.1. The number of anilines is 2. The van der Waals surface area contributed by atoms with Crippen LogP contribution >= 0.6 is 12.2 Å². The number of nitrogens with zero attached hydrogens (tertiary/aromatic N) is 3. The second kappa shape index (κ2) is 10.2. The highest BCUT2D eigenvalue weighted by atomic mass is 32.1. The Morgan fingerprint density at radius 1 is 1.08 bits per heavy atom. The summed E-state index contributed by atoms with van der Waals surface area (Å²) in [4.78, 5) is 30.4. The van der Waals surface area contributed by atoms with E-state index in [0.29, 0.717) is 28.0 Å². The maximum atomic E-state index is 12.8. The number of carbonyl (C=O) groups excluding carboxylic acids is 1. The molecular weight excluding hydrogens is 494 g/mol. The Balaban J connectivity index is 1.30. The normalized spacial score (nSPS) is 13.4. The van der Waals surface area contributed by atoms with Crippen LogP contribution in [-0.4, -0.2) is 39.1 Å². The van der Waals surface area contributed by atoms with Crippen LogP contribution in [0.5, 0.6) is 5.75 Å². The predicted molar refractivity (Wildman–Crippen MR) is 144 cm³/mol. The zero-order valence-electron chi connectivity index (χ0n) is 19.6. The summed E-state index contributed by atoms with van der Waals surface area (Å²) in [5, 5.41) is 27.5. The average Bonchev–Trinajstić information content (AvgIpc) is 3.34. The van der Waals surface area contributed by atoms with Crippen molar-refractivity contribution in [2.75, 3.05) is 23.3 Å². The quantitative estimate of drug-likeness (QED) is 0.141. The molecule has 188 valence electrons. The van der Waals surface area contributed by atoms with Gasteiger partial charge in [0.15, 0.2) is 10.7 Å². The second-order valence-corrected chi connectivity index (χ2v) is 9.04. The third-order valence-electron chi connectivity index (χ3n) is 6.14. The van der Waals surface area contributed by atoms with E-state index >= 15 is 0 Å². The molecule has 1 aliphatic heterocycles. The fourth-order valence-corrected chi connectivity index (χ4v) is 4.53. The highest BCUT2D eigenvalue weighted by molar-refractivity contribution is 7.80. The summed E-state index contributed by atoms with van der Waals surface area (Å²) in [5.41, 5.74) is 2.57. The fraction of sp³-hybridized carbons (Fsp3) is 0.192. The number of oxazole rings is 1. The molecule has 0 radical (unpaired) electrons. The number of aromatic hydroxyl groups is 1. The van der Waals surface area contributed by atoms with E-state index in [1.807, 2.05) is 17.0 Å². The van der Waals surface area contributed by atoms with E-state index in [9.17, 15) is 20.0 Å². The van der Waals surface area contributed by atoms with Crippen LogP contribution in [0.3, 0.4) is 0 Å². The number of phenols is 1. The molecular formula is C26H23N5O5S. The zero-order chi connectivity index (χ0) is 25.9. The van der Waals surface area contributed by atoms with Crippen LogP contribution in [0.15, 0.2) is 65.1 Å². The van der Waals surface area contributed by atoms with Gasteiger partial charge < -0.3 is 19.7 Å². The van der Waals surface area contributed by atoms with Gasteiger partial charge in [-0.3, -0.25) is 20.2 Å². The maximum absolute atomic E-state index is 12.8. The summed E-state index contributed by atoms with van der Waals surface area (Å²) in [6.07, 6.45) is 3.06. The molecule has 3 N–H and O–H groups in total. The summed E-state index contributed by atoms with van der Waals surface area (Å²) in [7, 11) is 0. The van der Waals surface area contributed by atoms with Crippen molar-refractivity contribution in [1.82, 2.24) is 10.3 Å². The third kappa shape index (κ3) is 5.21. The molecule has 3 aromatic carbocycles. The Labute approximate surface area is 217 Å². The third-order valence-corrected chi connectivity index (χ3v) is 6.34. The van der Waals surface area contributed by atoms with Gasteiger partial charge in [0.05, 0.1) is 10.5 Å². The van der Waals surface area contributed by atoms with Gasteiger partial charge in [0.25, 0.3) is 11.6 Å². The zero-order valence-corrected chi connectivity index (χ0v) is 20.5. The van der Waals surface area contributed by atoms with Crippen LogP contribution in [0.4, 0.5) is 17.1 Å². The van der Waals surface area contributed by atoms with E-state index in [4.69, 9.17) is 16.6 Å². The molecule has 1 aliphatic rings. The molecule has 2 heterocycles. The molecule has 0 atom stereocenters. The molecule has 0 bridgehead atoms. The van der Waals surface area contributed by atoms with Gasteiger partial charge in [0.1, 0.15) is 17.0 Å². The van der Waals surface area contributed by atoms with E-state index in [2.05, 4.69) is 15.6 Å². The number of phenolic OH excluding ortho intramolecular Hbond substituents is 1. The van der Waals surface area contributed by atoms with Gasteiger partial charge in [-0.25, -0.2) is 4.98 Å². The fourth-order valence-electron chi connectivity index (χ4n) is 4.32. The molecule has 0 spiro atoms. The van der Waals surface area contributed by atoms with Crippen molar-refractivity contribution < 1.29 is 19.2 Å². The number of benzene rings is 3. The van der Waals surface area contributed by atoms with E-state index in [1.165, 1.54) is 12.1 Å². The lowest BCUT2D eigenvalue weighted by Gasteiger charge is -2.28.